The lowest BCUT2D eigenvalue weighted by Crippen LogP contribution is -2.48. The second kappa shape index (κ2) is 11.6. The van der Waals surface area contributed by atoms with Crippen LogP contribution in [0.4, 0.5) is 0 Å². The predicted octanol–water partition coefficient (Wildman–Crippen LogP) is 7.35. The summed E-state index contributed by atoms with van der Waals surface area (Å²) < 4.78 is 0. The molecule has 1 fully saturated rings. The van der Waals surface area contributed by atoms with Crippen LogP contribution >= 0.6 is 11.6 Å². The molecule has 0 aliphatic heterocycles. The van der Waals surface area contributed by atoms with Crippen molar-refractivity contribution in [3.63, 3.8) is 0 Å². The molecule has 1 amide bonds. The number of halogens is 1. The Labute approximate surface area is 221 Å². The van der Waals surface area contributed by atoms with Crippen LogP contribution < -0.4 is 0 Å². The molecule has 0 radical (unpaired) electrons. The standard InChI is InChI=1S/C32H38ClNO2/c1-3-34(4-2)30(35)32(27-11-7-5-8-12-27,28-13-9-6-10-14-28)24-21-25-19-22-31(36,23-20-25)26-15-17-29(33)18-16-26/h5-18,25,36H,3-4,19-24H2,1-2H3. The summed E-state index contributed by atoms with van der Waals surface area (Å²) in [5.41, 5.74) is 1.54. The minimum atomic E-state index is -0.798. The van der Waals surface area contributed by atoms with E-state index in [1.165, 1.54) is 0 Å². The maximum Gasteiger partial charge on any atom is 0.237 e. The number of carbonyl (C=O) groups excluding carboxylic acids is 1. The van der Waals surface area contributed by atoms with E-state index in [1.807, 2.05) is 65.6 Å². The molecule has 1 aliphatic carbocycles. The van der Waals surface area contributed by atoms with Gasteiger partial charge in [0.05, 0.1) is 11.0 Å². The number of hydrogen-bond donors (Lipinski definition) is 1. The first kappa shape index (κ1) is 26.4. The molecule has 190 valence electrons. The van der Waals surface area contributed by atoms with Gasteiger partial charge in [-0.05, 0) is 87.1 Å². The highest BCUT2D eigenvalue weighted by molar-refractivity contribution is 6.30. The molecule has 0 unspecified atom stereocenters. The van der Waals surface area contributed by atoms with Gasteiger partial charge in [0.25, 0.3) is 0 Å². The summed E-state index contributed by atoms with van der Waals surface area (Å²) in [5, 5.41) is 12.0. The van der Waals surface area contributed by atoms with Crippen LogP contribution in [0.5, 0.6) is 0 Å². The molecule has 1 saturated carbocycles. The van der Waals surface area contributed by atoms with Crippen molar-refractivity contribution in [2.75, 3.05) is 13.1 Å². The summed E-state index contributed by atoms with van der Waals surface area (Å²) in [6.07, 6.45) is 5.03. The molecule has 0 aromatic heterocycles. The Hall–Kier alpha value is -2.62. The van der Waals surface area contributed by atoms with E-state index in [1.54, 1.807) is 0 Å². The van der Waals surface area contributed by atoms with Gasteiger partial charge in [-0.2, -0.15) is 0 Å². The van der Waals surface area contributed by atoms with Gasteiger partial charge < -0.3 is 10.0 Å². The second-order valence-corrected chi connectivity index (χ2v) is 10.6. The summed E-state index contributed by atoms with van der Waals surface area (Å²) in [5.74, 6) is 0.646. The van der Waals surface area contributed by atoms with Gasteiger partial charge in [0, 0.05) is 18.1 Å². The number of likely N-dealkylation sites (N-methyl/N-ethyl adjacent to an activating group) is 1. The van der Waals surface area contributed by atoms with Gasteiger partial charge in [-0.15, -0.1) is 0 Å². The third-order valence-corrected chi connectivity index (χ3v) is 8.44. The first-order valence-corrected chi connectivity index (χ1v) is 13.7. The number of nitrogens with zero attached hydrogens (tertiary/aromatic N) is 1. The van der Waals surface area contributed by atoms with Crippen molar-refractivity contribution in [1.29, 1.82) is 0 Å². The van der Waals surface area contributed by atoms with Crippen LogP contribution in [0.2, 0.25) is 5.02 Å². The zero-order valence-electron chi connectivity index (χ0n) is 21.5. The number of carbonyl (C=O) groups is 1. The summed E-state index contributed by atoms with van der Waals surface area (Å²) in [6, 6.07) is 28.2. The van der Waals surface area contributed by atoms with E-state index in [-0.39, 0.29) is 5.91 Å². The van der Waals surface area contributed by atoms with Crippen molar-refractivity contribution in [3.05, 3.63) is 107 Å². The van der Waals surface area contributed by atoms with Gasteiger partial charge in [0.2, 0.25) is 5.91 Å². The lowest BCUT2D eigenvalue weighted by molar-refractivity contribution is -0.136. The van der Waals surface area contributed by atoms with Crippen LogP contribution in [0.25, 0.3) is 0 Å². The Morgan fingerprint density at radius 1 is 0.889 bits per heavy atom. The Morgan fingerprint density at radius 2 is 1.39 bits per heavy atom. The fraction of sp³-hybridized carbons (Fsp3) is 0.406. The largest absolute Gasteiger partial charge is 0.385 e. The van der Waals surface area contributed by atoms with Crippen molar-refractivity contribution < 1.29 is 9.90 Å². The van der Waals surface area contributed by atoms with E-state index in [0.717, 1.165) is 55.2 Å². The first-order valence-electron chi connectivity index (χ1n) is 13.3. The molecule has 3 aromatic rings. The SMILES string of the molecule is CCN(CC)C(=O)C(CCC1CCC(O)(c2ccc(Cl)cc2)CC1)(c1ccccc1)c1ccccc1. The van der Waals surface area contributed by atoms with Crippen LogP contribution in [0.15, 0.2) is 84.9 Å². The molecule has 0 bridgehead atoms. The molecule has 0 saturated heterocycles. The maximum absolute atomic E-state index is 14.3. The Morgan fingerprint density at radius 3 is 1.86 bits per heavy atom. The molecule has 0 atom stereocenters. The molecule has 1 N–H and O–H groups in total. The molecule has 3 nitrogen and oxygen atoms in total. The van der Waals surface area contributed by atoms with E-state index >= 15 is 0 Å². The van der Waals surface area contributed by atoms with Crippen LogP contribution in [-0.4, -0.2) is 29.0 Å². The molecule has 4 rings (SSSR count). The summed E-state index contributed by atoms with van der Waals surface area (Å²) in [7, 11) is 0. The average Bonchev–Trinajstić information content (AvgIpc) is 2.92. The quantitative estimate of drug-likeness (QED) is 0.331. The Bertz CT molecular complexity index is 1060. The highest BCUT2D eigenvalue weighted by Gasteiger charge is 2.44. The Balaban J connectivity index is 1.61. The molecule has 3 aromatic carbocycles. The van der Waals surface area contributed by atoms with Crippen LogP contribution in [-0.2, 0) is 15.8 Å². The van der Waals surface area contributed by atoms with E-state index in [0.29, 0.717) is 24.0 Å². The van der Waals surface area contributed by atoms with E-state index in [9.17, 15) is 9.90 Å². The van der Waals surface area contributed by atoms with Crippen molar-refractivity contribution >= 4 is 17.5 Å². The third-order valence-electron chi connectivity index (χ3n) is 8.19. The fourth-order valence-electron chi connectivity index (χ4n) is 5.95. The molecular weight excluding hydrogens is 466 g/mol. The van der Waals surface area contributed by atoms with Crippen LogP contribution in [0.3, 0.4) is 0 Å². The lowest BCUT2D eigenvalue weighted by Gasteiger charge is -2.40. The van der Waals surface area contributed by atoms with Crippen molar-refractivity contribution in [2.45, 2.75) is 63.4 Å². The maximum atomic E-state index is 14.3. The average molecular weight is 504 g/mol. The van der Waals surface area contributed by atoms with E-state index in [4.69, 9.17) is 11.6 Å². The van der Waals surface area contributed by atoms with E-state index in [2.05, 4.69) is 38.1 Å². The first-order chi connectivity index (χ1) is 17.4. The number of rotatable bonds is 9. The molecular formula is C32H38ClNO2. The molecule has 1 aliphatic rings. The van der Waals surface area contributed by atoms with Gasteiger partial charge in [-0.1, -0.05) is 84.4 Å². The smallest absolute Gasteiger partial charge is 0.237 e. The second-order valence-electron chi connectivity index (χ2n) is 10.1. The summed E-state index contributed by atoms with van der Waals surface area (Å²) >= 11 is 6.06. The van der Waals surface area contributed by atoms with Gasteiger partial charge in [-0.25, -0.2) is 0 Å². The van der Waals surface area contributed by atoms with E-state index < -0.39 is 11.0 Å². The van der Waals surface area contributed by atoms with Crippen LogP contribution in [0, 0.1) is 5.92 Å². The predicted molar refractivity (Wildman–Crippen MR) is 148 cm³/mol. The Kier molecular flexibility index (Phi) is 8.54. The number of benzene rings is 3. The number of aliphatic hydroxyl groups is 1. The highest BCUT2D eigenvalue weighted by atomic mass is 35.5. The van der Waals surface area contributed by atoms with Gasteiger partial charge in [-0.3, -0.25) is 4.79 Å². The highest BCUT2D eigenvalue weighted by Crippen LogP contribution is 2.45. The summed E-state index contributed by atoms with van der Waals surface area (Å²) in [4.78, 5) is 16.3. The molecule has 4 heteroatoms. The zero-order chi connectivity index (χ0) is 25.6. The summed E-state index contributed by atoms with van der Waals surface area (Å²) in [6.45, 7) is 5.49. The zero-order valence-corrected chi connectivity index (χ0v) is 22.3. The van der Waals surface area contributed by atoms with Gasteiger partial charge >= 0.3 is 0 Å². The van der Waals surface area contributed by atoms with Crippen LogP contribution in [0.1, 0.15) is 69.1 Å². The monoisotopic (exact) mass is 503 g/mol. The third kappa shape index (κ3) is 5.38. The fourth-order valence-corrected chi connectivity index (χ4v) is 6.07. The topological polar surface area (TPSA) is 40.5 Å². The number of hydrogen-bond acceptors (Lipinski definition) is 2. The van der Waals surface area contributed by atoms with Crippen molar-refractivity contribution in [3.8, 4) is 0 Å². The van der Waals surface area contributed by atoms with Crippen molar-refractivity contribution in [2.24, 2.45) is 5.92 Å². The molecule has 36 heavy (non-hydrogen) atoms. The van der Waals surface area contributed by atoms with Gasteiger partial charge in [0.1, 0.15) is 0 Å². The van der Waals surface area contributed by atoms with Gasteiger partial charge in [0.15, 0.2) is 0 Å². The molecule has 0 spiro atoms. The minimum absolute atomic E-state index is 0.179. The number of amides is 1. The molecule has 0 heterocycles. The normalized spacial score (nSPS) is 20.2. The minimum Gasteiger partial charge on any atom is -0.385 e. The van der Waals surface area contributed by atoms with Crippen molar-refractivity contribution in [1.82, 2.24) is 4.90 Å². The lowest BCUT2D eigenvalue weighted by atomic mass is 9.67.